The summed E-state index contributed by atoms with van der Waals surface area (Å²) in [6.45, 7) is 0. The van der Waals surface area contributed by atoms with Crippen molar-refractivity contribution >= 4 is 38.5 Å². The molecule has 2 fully saturated rings. The number of rotatable bonds is 2. The van der Waals surface area contributed by atoms with Crippen molar-refractivity contribution in [3.8, 4) is 0 Å². The van der Waals surface area contributed by atoms with Gasteiger partial charge in [0.2, 0.25) is 0 Å². The van der Waals surface area contributed by atoms with Crippen molar-refractivity contribution in [3.63, 3.8) is 0 Å². The number of hydrogen-bond acceptors (Lipinski definition) is 1. The summed E-state index contributed by atoms with van der Waals surface area (Å²) in [5, 5.41) is 0. The van der Waals surface area contributed by atoms with E-state index in [1.165, 1.54) is 64.2 Å². The number of benzene rings is 1. The molecule has 22 heavy (non-hydrogen) atoms. The third-order valence-corrected chi connectivity index (χ3v) is 7.19. The van der Waals surface area contributed by atoms with E-state index in [1.807, 2.05) is 5.56 Å². The van der Waals surface area contributed by atoms with Gasteiger partial charge >= 0.3 is 133 Å². The van der Waals surface area contributed by atoms with Crippen LogP contribution in [0.1, 0.15) is 87.2 Å². The van der Waals surface area contributed by atoms with Crippen LogP contribution in [0.4, 0.5) is 0 Å². The average Bonchev–Trinajstić information content (AvgIpc) is 2.57. The van der Waals surface area contributed by atoms with Gasteiger partial charge in [-0.15, -0.1) is 0 Å². The molecule has 0 heterocycles. The van der Waals surface area contributed by atoms with E-state index in [4.69, 9.17) is 0 Å². The van der Waals surface area contributed by atoms with Crippen LogP contribution in [-0.2, 0) is 4.43 Å². The Kier molecular flexibility index (Phi) is 8.64. The minimum absolute atomic E-state index is 0.869. The fourth-order valence-corrected chi connectivity index (χ4v) is 6.23. The molecule has 0 radical (unpaired) electrons. The van der Waals surface area contributed by atoms with Crippen molar-refractivity contribution in [1.29, 1.82) is 0 Å². The summed E-state index contributed by atoms with van der Waals surface area (Å²) in [5.41, 5.74) is 3.60. The van der Waals surface area contributed by atoms with Crippen LogP contribution < -0.4 is 3.27 Å². The molecule has 0 aliphatic heterocycles. The number of hydrogen-bond donors (Lipinski definition) is 0. The van der Waals surface area contributed by atoms with Crippen LogP contribution in [0, 0.1) is 0 Å². The van der Waals surface area contributed by atoms with Crippen LogP contribution in [0.5, 0.6) is 0 Å². The van der Waals surface area contributed by atoms with E-state index in [1.54, 1.807) is 15.9 Å². The molecule has 3 heteroatoms. The standard InChI is InChI=1S/C18H25.CH6OSi.Bi.2H/c1-3-9-15(10-4-1)17-13-7-8-14-18(17)16-11-5-2-6-12-16;1-2-3;;;/h7-8,13,15-16H,1-6,9-12H2;1,3H3;;;. The molecule has 1 aromatic rings. The van der Waals surface area contributed by atoms with Gasteiger partial charge in [0, 0.05) is 7.11 Å². The first-order valence-corrected chi connectivity index (χ1v) is 12.1. The summed E-state index contributed by atoms with van der Waals surface area (Å²) in [6.07, 6.45) is 14.6. The summed E-state index contributed by atoms with van der Waals surface area (Å²) in [5.74, 6) is 1.80. The summed E-state index contributed by atoms with van der Waals surface area (Å²) in [4.78, 5) is 0. The van der Waals surface area contributed by atoms with Gasteiger partial charge in [0.1, 0.15) is 10.5 Å². The van der Waals surface area contributed by atoms with E-state index in [-0.39, 0.29) is 0 Å². The maximum atomic E-state index is 4.39. The van der Waals surface area contributed by atoms with Crippen LogP contribution in [0.15, 0.2) is 18.2 Å². The van der Waals surface area contributed by atoms with Crippen molar-refractivity contribution in [2.24, 2.45) is 0 Å². The average molecular weight is 515 g/mol. The van der Waals surface area contributed by atoms with E-state index < -0.39 is 0 Å². The fraction of sp³-hybridized carbons (Fsp3) is 0.684. The molecule has 2 saturated carbocycles. The zero-order chi connectivity index (χ0) is 15.8. The predicted octanol–water partition coefficient (Wildman–Crippen LogP) is 2.95. The molecule has 0 unspecified atom stereocenters. The molecule has 1 nitrogen and oxygen atoms in total. The molecule has 0 amide bonds. The van der Waals surface area contributed by atoms with Crippen LogP contribution in [-0.4, -0.2) is 42.3 Å². The Morgan fingerprint density at radius 2 is 1.41 bits per heavy atom. The monoisotopic (exact) mass is 514 g/mol. The second kappa shape index (κ2) is 10.2. The van der Waals surface area contributed by atoms with Gasteiger partial charge in [-0.2, -0.15) is 0 Å². The van der Waals surface area contributed by atoms with Gasteiger partial charge in [-0.25, -0.2) is 0 Å². The molecule has 1 aromatic carbocycles. The van der Waals surface area contributed by atoms with E-state index in [9.17, 15) is 0 Å². The molecular weight excluding hydrogens is 481 g/mol. The Balaban J connectivity index is 0.000000545. The van der Waals surface area contributed by atoms with E-state index in [0.29, 0.717) is 0 Å². The second-order valence-electron chi connectivity index (χ2n) is 6.93. The van der Waals surface area contributed by atoms with Gasteiger partial charge in [0.15, 0.2) is 0 Å². The first-order chi connectivity index (χ1) is 10.8. The first kappa shape index (κ1) is 18.6. The first-order valence-electron chi connectivity index (χ1n) is 9.06. The summed E-state index contributed by atoms with van der Waals surface area (Å²) >= 11 is 1.01. The van der Waals surface area contributed by atoms with Crippen LogP contribution in [0.2, 0.25) is 0 Å². The van der Waals surface area contributed by atoms with Crippen molar-refractivity contribution in [2.75, 3.05) is 7.11 Å². The van der Waals surface area contributed by atoms with Crippen LogP contribution >= 0.6 is 0 Å². The molecule has 2 aliphatic rings. The normalized spacial score (nSPS) is 20.5. The Hall–Kier alpha value is 0.280. The minimum atomic E-state index is 0.869. The Morgan fingerprint density at radius 1 is 0.909 bits per heavy atom. The SMILES string of the molecule is CO[SiH3].[BiH2][c]1cccc(C2CCCCC2)c1C1CCCCC1. The predicted molar refractivity (Wildman–Crippen MR) is 103 cm³/mol. The van der Waals surface area contributed by atoms with Gasteiger partial charge in [0.05, 0.1) is 0 Å². The molecule has 0 saturated heterocycles. The van der Waals surface area contributed by atoms with E-state index >= 15 is 0 Å². The molecule has 0 spiro atoms. The molecule has 0 N–H and O–H groups in total. The van der Waals surface area contributed by atoms with E-state index in [2.05, 4.69) is 22.6 Å². The van der Waals surface area contributed by atoms with Gasteiger partial charge < -0.3 is 4.43 Å². The topological polar surface area (TPSA) is 9.23 Å². The third kappa shape index (κ3) is 5.14. The molecule has 124 valence electrons. The second-order valence-corrected chi connectivity index (χ2v) is 10.2. The zero-order valence-electron chi connectivity index (χ0n) is 14.4. The van der Waals surface area contributed by atoms with Gasteiger partial charge in [-0.05, 0) is 0 Å². The van der Waals surface area contributed by atoms with Crippen LogP contribution in [0.25, 0.3) is 0 Å². The molecule has 0 atom stereocenters. The third-order valence-electron chi connectivity index (χ3n) is 5.23. The quantitative estimate of drug-likeness (QED) is 0.552. The van der Waals surface area contributed by atoms with Crippen molar-refractivity contribution in [1.82, 2.24) is 0 Å². The van der Waals surface area contributed by atoms with E-state index in [0.717, 1.165) is 47.0 Å². The molecular formula is C19H33BiOSi. The Morgan fingerprint density at radius 3 is 1.95 bits per heavy atom. The summed E-state index contributed by atoms with van der Waals surface area (Å²) in [7, 11) is 2.56. The zero-order valence-corrected chi connectivity index (χ0v) is 20.9. The van der Waals surface area contributed by atoms with Crippen LogP contribution in [0.3, 0.4) is 0 Å². The summed E-state index contributed by atoms with van der Waals surface area (Å²) < 4.78 is 6.12. The molecule has 3 rings (SSSR count). The van der Waals surface area contributed by atoms with Gasteiger partial charge in [0.25, 0.3) is 0 Å². The Bertz CT molecular complexity index is 437. The Labute approximate surface area is 155 Å². The summed E-state index contributed by atoms with van der Waals surface area (Å²) in [6, 6.07) is 7.23. The van der Waals surface area contributed by atoms with Crippen molar-refractivity contribution < 1.29 is 4.43 Å². The molecule has 0 bridgehead atoms. The van der Waals surface area contributed by atoms with Crippen molar-refractivity contribution in [3.05, 3.63) is 29.3 Å². The van der Waals surface area contributed by atoms with Gasteiger partial charge in [-0.3, -0.25) is 0 Å². The van der Waals surface area contributed by atoms with Crippen molar-refractivity contribution in [2.45, 2.75) is 76.0 Å². The molecule has 0 aromatic heterocycles. The molecule has 2 aliphatic carbocycles. The van der Waals surface area contributed by atoms with Gasteiger partial charge in [-0.1, -0.05) is 0 Å². The maximum absolute atomic E-state index is 4.39. The fourth-order valence-electron chi connectivity index (χ4n) is 4.23.